The molecule has 0 unspecified atom stereocenters. The number of rotatable bonds is 6. The predicted octanol–water partition coefficient (Wildman–Crippen LogP) is 4.74. The van der Waals surface area contributed by atoms with Gasteiger partial charge in [0.15, 0.2) is 0 Å². The summed E-state index contributed by atoms with van der Waals surface area (Å²) in [6, 6.07) is 7.70. The van der Waals surface area contributed by atoms with E-state index in [2.05, 4.69) is 26.0 Å². The molecule has 4 nitrogen and oxygen atoms in total. The lowest BCUT2D eigenvalue weighted by Gasteiger charge is -2.26. The molecule has 0 heterocycles. The zero-order chi connectivity index (χ0) is 12.7. The smallest absolute Gasteiger partial charge is 0.143 e. The monoisotopic (exact) mass is 297 g/mol. The fourth-order valence-corrected chi connectivity index (χ4v) is 2.13. The van der Waals surface area contributed by atoms with Gasteiger partial charge in [-0.2, -0.15) is 0 Å². The highest BCUT2D eigenvalue weighted by Crippen LogP contribution is 2.34. The van der Waals surface area contributed by atoms with E-state index in [1.807, 2.05) is 38.1 Å². The zero-order valence-electron chi connectivity index (χ0n) is 10.1. The van der Waals surface area contributed by atoms with E-state index in [4.69, 9.17) is 10.3 Å². The van der Waals surface area contributed by atoms with Gasteiger partial charge in [-0.25, -0.2) is 0 Å². The molecule has 0 N–H and O–H groups in total. The standard InChI is InChI=1S/C12H16BrN3O/c1-3-12(4-2,15-16-14)10-5-7-11(8-6-10)17-9-13/h5-8H,3-4,9H2,1-2H3. The van der Waals surface area contributed by atoms with E-state index in [1.54, 1.807) is 0 Å². The van der Waals surface area contributed by atoms with Crippen LogP contribution in [0.25, 0.3) is 10.4 Å². The summed E-state index contributed by atoms with van der Waals surface area (Å²) in [4.78, 5) is 2.97. The Kier molecular flexibility index (Phi) is 5.32. The van der Waals surface area contributed by atoms with Gasteiger partial charge in [-0.1, -0.05) is 31.1 Å². The van der Waals surface area contributed by atoms with Crippen molar-refractivity contribution in [2.45, 2.75) is 32.2 Å². The van der Waals surface area contributed by atoms with Crippen LogP contribution in [0.15, 0.2) is 29.4 Å². The van der Waals surface area contributed by atoms with Gasteiger partial charge < -0.3 is 4.74 Å². The summed E-state index contributed by atoms with van der Waals surface area (Å²) in [5.41, 5.74) is 9.75. The van der Waals surface area contributed by atoms with Gasteiger partial charge >= 0.3 is 0 Å². The van der Waals surface area contributed by atoms with E-state index >= 15 is 0 Å². The van der Waals surface area contributed by atoms with Crippen LogP contribution in [0.1, 0.15) is 32.3 Å². The third kappa shape index (κ3) is 3.14. The molecule has 0 atom stereocenters. The Labute approximate surface area is 110 Å². The second-order valence-corrected chi connectivity index (χ2v) is 4.16. The minimum absolute atomic E-state index is 0.443. The average Bonchev–Trinajstić information content (AvgIpc) is 2.38. The normalized spacial score (nSPS) is 10.8. The Morgan fingerprint density at radius 1 is 1.29 bits per heavy atom. The fraction of sp³-hybridized carbons (Fsp3) is 0.500. The summed E-state index contributed by atoms with van der Waals surface area (Å²) >= 11 is 3.21. The number of hydrogen-bond donors (Lipinski definition) is 0. The van der Waals surface area contributed by atoms with Gasteiger partial charge in [0.2, 0.25) is 0 Å². The van der Waals surface area contributed by atoms with Gasteiger partial charge in [-0.05, 0) is 52.0 Å². The van der Waals surface area contributed by atoms with Crippen LogP contribution >= 0.6 is 15.9 Å². The summed E-state index contributed by atoms with van der Waals surface area (Å²) in [6.45, 7) is 4.06. The van der Waals surface area contributed by atoms with E-state index in [0.717, 1.165) is 24.2 Å². The van der Waals surface area contributed by atoms with E-state index in [9.17, 15) is 0 Å². The van der Waals surface area contributed by atoms with Crippen LogP contribution in [0.4, 0.5) is 0 Å². The van der Waals surface area contributed by atoms with Crippen molar-refractivity contribution in [2.75, 3.05) is 5.52 Å². The van der Waals surface area contributed by atoms with Gasteiger partial charge in [0.25, 0.3) is 0 Å². The molecule has 0 spiro atoms. The molecule has 0 saturated heterocycles. The van der Waals surface area contributed by atoms with Crippen molar-refractivity contribution in [3.63, 3.8) is 0 Å². The molecular weight excluding hydrogens is 282 g/mol. The lowest BCUT2D eigenvalue weighted by atomic mass is 9.86. The lowest BCUT2D eigenvalue weighted by Crippen LogP contribution is -2.20. The summed E-state index contributed by atoms with van der Waals surface area (Å²) < 4.78 is 5.31. The molecule has 0 aliphatic rings. The molecule has 0 fully saturated rings. The first-order chi connectivity index (χ1) is 8.22. The topological polar surface area (TPSA) is 58.0 Å². The zero-order valence-corrected chi connectivity index (χ0v) is 11.6. The van der Waals surface area contributed by atoms with Gasteiger partial charge in [0.1, 0.15) is 11.3 Å². The molecule has 5 heteroatoms. The molecule has 0 amide bonds. The number of benzene rings is 1. The van der Waals surface area contributed by atoms with Crippen molar-refractivity contribution in [3.8, 4) is 5.75 Å². The highest BCUT2D eigenvalue weighted by atomic mass is 79.9. The maximum atomic E-state index is 8.69. The Hall–Kier alpha value is -1.19. The highest BCUT2D eigenvalue weighted by molar-refractivity contribution is 9.09. The Morgan fingerprint density at radius 2 is 1.88 bits per heavy atom. The number of nitrogens with zero attached hydrogens (tertiary/aromatic N) is 3. The first kappa shape index (κ1) is 13.9. The van der Waals surface area contributed by atoms with Crippen molar-refractivity contribution in [1.82, 2.24) is 0 Å². The second kappa shape index (κ2) is 6.52. The molecule has 0 aromatic heterocycles. The minimum Gasteiger partial charge on any atom is -0.482 e. The third-order valence-electron chi connectivity index (χ3n) is 3.02. The number of halogens is 1. The van der Waals surface area contributed by atoms with Crippen LogP contribution in [0.5, 0.6) is 5.75 Å². The Balaban J connectivity index is 3.07. The average molecular weight is 298 g/mol. The third-order valence-corrected chi connectivity index (χ3v) is 3.25. The summed E-state index contributed by atoms with van der Waals surface area (Å²) in [5.74, 6) is 0.799. The van der Waals surface area contributed by atoms with Crippen molar-refractivity contribution in [1.29, 1.82) is 0 Å². The van der Waals surface area contributed by atoms with Crippen LogP contribution in [0.2, 0.25) is 0 Å². The van der Waals surface area contributed by atoms with Gasteiger partial charge in [0.05, 0.1) is 5.54 Å². The molecular formula is C12H16BrN3O. The maximum Gasteiger partial charge on any atom is 0.143 e. The number of ether oxygens (including phenoxy) is 1. The first-order valence-electron chi connectivity index (χ1n) is 5.58. The highest BCUT2D eigenvalue weighted by Gasteiger charge is 2.26. The van der Waals surface area contributed by atoms with E-state index < -0.39 is 5.54 Å². The summed E-state index contributed by atoms with van der Waals surface area (Å²) in [7, 11) is 0. The lowest BCUT2D eigenvalue weighted by molar-refractivity contribution is 0.393. The fourth-order valence-electron chi connectivity index (χ4n) is 1.87. The van der Waals surface area contributed by atoms with Gasteiger partial charge in [-0.3, -0.25) is 0 Å². The van der Waals surface area contributed by atoms with Crippen molar-refractivity contribution >= 4 is 15.9 Å². The van der Waals surface area contributed by atoms with Crippen LogP contribution in [0.3, 0.4) is 0 Å². The van der Waals surface area contributed by atoms with E-state index in [0.29, 0.717) is 5.52 Å². The Bertz CT molecular complexity index is 395. The molecule has 92 valence electrons. The molecule has 1 aromatic rings. The molecule has 0 saturated carbocycles. The summed E-state index contributed by atoms with van der Waals surface area (Å²) in [6.07, 6.45) is 1.57. The number of hydrogen-bond acceptors (Lipinski definition) is 2. The largest absolute Gasteiger partial charge is 0.482 e. The molecule has 17 heavy (non-hydrogen) atoms. The Morgan fingerprint density at radius 3 is 2.29 bits per heavy atom. The molecule has 1 rings (SSSR count). The summed E-state index contributed by atoms with van der Waals surface area (Å²) in [5, 5.41) is 3.97. The molecule has 0 aliphatic heterocycles. The van der Waals surface area contributed by atoms with Crippen molar-refractivity contribution in [2.24, 2.45) is 5.11 Å². The first-order valence-corrected chi connectivity index (χ1v) is 6.70. The maximum absolute atomic E-state index is 8.69. The minimum atomic E-state index is -0.443. The van der Waals surface area contributed by atoms with Gasteiger partial charge in [-0.15, -0.1) is 0 Å². The van der Waals surface area contributed by atoms with Crippen LogP contribution in [-0.2, 0) is 5.54 Å². The van der Waals surface area contributed by atoms with E-state index in [1.165, 1.54) is 0 Å². The van der Waals surface area contributed by atoms with Gasteiger partial charge in [0, 0.05) is 4.91 Å². The SMILES string of the molecule is CCC(CC)(N=[N+]=[N-])c1ccc(OCBr)cc1. The quantitative estimate of drug-likeness (QED) is 0.324. The van der Waals surface area contributed by atoms with Crippen LogP contribution < -0.4 is 4.74 Å². The number of alkyl halides is 1. The van der Waals surface area contributed by atoms with Crippen molar-refractivity contribution < 1.29 is 4.74 Å². The van der Waals surface area contributed by atoms with Crippen molar-refractivity contribution in [3.05, 3.63) is 40.3 Å². The molecule has 0 radical (unpaired) electrons. The second-order valence-electron chi connectivity index (χ2n) is 3.71. The van der Waals surface area contributed by atoms with Crippen LogP contribution in [0, 0.1) is 0 Å². The van der Waals surface area contributed by atoms with E-state index in [-0.39, 0.29) is 0 Å². The number of azide groups is 1. The molecule has 1 aromatic carbocycles. The predicted molar refractivity (Wildman–Crippen MR) is 72.3 cm³/mol. The molecule has 0 bridgehead atoms. The molecule has 0 aliphatic carbocycles. The van der Waals surface area contributed by atoms with Crippen LogP contribution in [-0.4, -0.2) is 5.52 Å².